The highest BCUT2D eigenvalue weighted by molar-refractivity contribution is 5.81. The van der Waals surface area contributed by atoms with Gasteiger partial charge < -0.3 is 14.2 Å². The average molecular weight is 262 g/mol. The van der Waals surface area contributed by atoms with Crippen LogP contribution in [0.25, 0.3) is 0 Å². The zero-order valence-electron chi connectivity index (χ0n) is 11.7. The Morgan fingerprint density at radius 2 is 2.26 bits per heavy atom. The van der Waals surface area contributed by atoms with Gasteiger partial charge in [-0.15, -0.1) is 0 Å². The third-order valence-corrected chi connectivity index (χ3v) is 4.24. The fourth-order valence-electron chi connectivity index (χ4n) is 2.96. The number of carbonyl (C=O) groups excluding carboxylic acids is 1. The van der Waals surface area contributed by atoms with E-state index in [1.807, 2.05) is 17.9 Å². The van der Waals surface area contributed by atoms with Gasteiger partial charge in [-0.2, -0.15) is 0 Å². The van der Waals surface area contributed by atoms with Crippen LogP contribution in [0.15, 0.2) is 18.3 Å². The number of hydrogen-bond acceptors (Lipinski definition) is 2. The molecule has 2 aliphatic rings. The lowest BCUT2D eigenvalue weighted by atomic mass is 10.2. The van der Waals surface area contributed by atoms with Crippen molar-refractivity contribution in [3.8, 4) is 0 Å². The highest BCUT2D eigenvalue weighted by Crippen LogP contribution is 2.39. The Bertz CT molecular complexity index is 468. The summed E-state index contributed by atoms with van der Waals surface area (Å²) in [5, 5.41) is 0. The molecule has 2 heterocycles. The van der Waals surface area contributed by atoms with Crippen LogP contribution in [0.1, 0.15) is 26.0 Å². The highest BCUT2D eigenvalue weighted by Gasteiger charge is 2.42. The van der Waals surface area contributed by atoms with Gasteiger partial charge >= 0.3 is 0 Å². The molecule has 0 radical (unpaired) electrons. The fourth-order valence-corrected chi connectivity index (χ4v) is 2.96. The quantitative estimate of drug-likeness (QED) is 0.833. The summed E-state index contributed by atoms with van der Waals surface area (Å²) < 4.78 is 7.99. The van der Waals surface area contributed by atoms with E-state index in [9.17, 15) is 4.79 Å². The van der Waals surface area contributed by atoms with E-state index >= 15 is 0 Å². The molecule has 1 fully saturated rings. The van der Waals surface area contributed by atoms with Crippen molar-refractivity contribution in [3.63, 3.8) is 0 Å². The van der Waals surface area contributed by atoms with E-state index in [4.69, 9.17) is 4.74 Å². The van der Waals surface area contributed by atoms with Crippen LogP contribution in [0, 0.1) is 11.8 Å². The smallest absolute Gasteiger partial charge is 0.226 e. The normalized spacial score (nSPS) is 29.8. The van der Waals surface area contributed by atoms with E-state index in [1.165, 1.54) is 5.69 Å². The lowest BCUT2D eigenvalue weighted by molar-refractivity contribution is -0.135. The third kappa shape index (κ3) is 2.54. The van der Waals surface area contributed by atoms with E-state index in [1.54, 1.807) is 0 Å². The first-order valence-electron chi connectivity index (χ1n) is 7.23. The van der Waals surface area contributed by atoms with Gasteiger partial charge in [0, 0.05) is 31.0 Å². The van der Waals surface area contributed by atoms with Gasteiger partial charge in [-0.25, -0.2) is 0 Å². The van der Waals surface area contributed by atoms with Gasteiger partial charge in [-0.3, -0.25) is 4.79 Å². The van der Waals surface area contributed by atoms with Crippen LogP contribution in [-0.2, 0) is 22.6 Å². The van der Waals surface area contributed by atoms with E-state index in [2.05, 4.69) is 23.8 Å². The summed E-state index contributed by atoms with van der Waals surface area (Å²) in [7, 11) is 0. The molecule has 1 aromatic rings. The molecule has 4 heteroatoms. The Kier molecular flexibility index (Phi) is 3.35. The average Bonchev–Trinajstić information content (AvgIpc) is 3.01. The van der Waals surface area contributed by atoms with Crippen molar-refractivity contribution in [3.05, 3.63) is 24.0 Å². The zero-order valence-corrected chi connectivity index (χ0v) is 11.7. The molecule has 0 spiro atoms. The molecule has 0 unspecified atom stereocenters. The zero-order chi connectivity index (χ0) is 13.4. The molecule has 1 saturated carbocycles. The van der Waals surface area contributed by atoms with Gasteiger partial charge in [0.25, 0.3) is 0 Å². The number of carbonyl (C=O) groups is 1. The molecule has 0 bridgehead atoms. The first-order chi connectivity index (χ1) is 9.19. The first kappa shape index (κ1) is 12.7. The second-order valence-corrected chi connectivity index (χ2v) is 5.77. The van der Waals surface area contributed by atoms with Crippen molar-refractivity contribution in [1.29, 1.82) is 0 Å². The van der Waals surface area contributed by atoms with E-state index in [-0.39, 0.29) is 12.0 Å². The van der Waals surface area contributed by atoms with E-state index in [0.29, 0.717) is 18.4 Å². The van der Waals surface area contributed by atoms with Gasteiger partial charge in [-0.1, -0.05) is 6.92 Å². The van der Waals surface area contributed by atoms with Crippen molar-refractivity contribution >= 4 is 5.91 Å². The lowest BCUT2D eigenvalue weighted by Gasteiger charge is -2.24. The summed E-state index contributed by atoms with van der Waals surface area (Å²) in [5.41, 5.74) is 1.21. The van der Waals surface area contributed by atoms with Crippen molar-refractivity contribution in [2.24, 2.45) is 11.8 Å². The van der Waals surface area contributed by atoms with Gasteiger partial charge in [-0.05, 0) is 31.4 Å². The SMILES string of the molecule is CCO[C@@H]1CN(C(=O)[C@H]2C[C@H]2C)Cc2cccn2C1. The fraction of sp³-hybridized carbons (Fsp3) is 0.667. The van der Waals surface area contributed by atoms with E-state index < -0.39 is 0 Å². The predicted octanol–water partition coefficient (Wildman–Crippen LogP) is 1.89. The molecular weight excluding hydrogens is 240 g/mol. The molecule has 1 aliphatic heterocycles. The van der Waals surface area contributed by atoms with Crippen LogP contribution < -0.4 is 0 Å². The standard InChI is InChI=1S/C15H22N2O2/c1-3-19-13-9-16-6-4-5-12(16)8-17(10-13)15(18)14-7-11(14)2/h4-6,11,13-14H,3,7-10H2,1-2H3/t11-,13+,14+/m1/s1. The van der Waals surface area contributed by atoms with Crippen molar-refractivity contribution in [1.82, 2.24) is 9.47 Å². The number of fused-ring (bicyclic) bond motifs is 1. The maximum Gasteiger partial charge on any atom is 0.226 e. The third-order valence-electron chi connectivity index (χ3n) is 4.24. The summed E-state index contributed by atoms with van der Waals surface area (Å²) in [5.74, 6) is 1.13. The molecule has 3 rings (SSSR count). The van der Waals surface area contributed by atoms with Crippen LogP contribution in [0.3, 0.4) is 0 Å². The minimum atomic E-state index is 0.108. The maximum absolute atomic E-state index is 12.5. The Hall–Kier alpha value is -1.29. The number of nitrogens with zero attached hydrogens (tertiary/aromatic N) is 2. The van der Waals surface area contributed by atoms with Crippen LogP contribution in [0.4, 0.5) is 0 Å². The molecule has 1 amide bonds. The highest BCUT2D eigenvalue weighted by atomic mass is 16.5. The molecule has 1 aliphatic carbocycles. The Labute approximate surface area is 114 Å². The maximum atomic E-state index is 12.5. The molecule has 0 saturated heterocycles. The monoisotopic (exact) mass is 262 g/mol. The Morgan fingerprint density at radius 3 is 2.95 bits per heavy atom. The summed E-state index contributed by atoms with van der Waals surface area (Å²) in [6.45, 7) is 7.15. The van der Waals surface area contributed by atoms with Crippen LogP contribution in [0.2, 0.25) is 0 Å². The van der Waals surface area contributed by atoms with Crippen molar-refractivity contribution in [2.45, 2.75) is 39.5 Å². The molecule has 4 nitrogen and oxygen atoms in total. The Morgan fingerprint density at radius 1 is 1.47 bits per heavy atom. The Balaban J connectivity index is 1.78. The van der Waals surface area contributed by atoms with Crippen LogP contribution >= 0.6 is 0 Å². The molecule has 104 valence electrons. The van der Waals surface area contributed by atoms with Crippen molar-refractivity contribution in [2.75, 3.05) is 13.2 Å². The summed E-state index contributed by atoms with van der Waals surface area (Å²) >= 11 is 0. The molecule has 3 atom stereocenters. The number of hydrogen-bond donors (Lipinski definition) is 0. The first-order valence-corrected chi connectivity index (χ1v) is 7.23. The van der Waals surface area contributed by atoms with Gasteiger partial charge in [0.15, 0.2) is 0 Å². The lowest BCUT2D eigenvalue weighted by Crippen LogP contribution is -2.38. The molecule has 1 aromatic heterocycles. The number of ether oxygens (including phenoxy) is 1. The van der Waals surface area contributed by atoms with Gasteiger partial charge in [0.1, 0.15) is 0 Å². The topological polar surface area (TPSA) is 34.5 Å². The second-order valence-electron chi connectivity index (χ2n) is 5.77. The summed E-state index contributed by atoms with van der Waals surface area (Å²) in [4.78, 5) is 14.5. The molecule has 0 N–H and O–H groups in total. The van der Waals surface area contributed by atoms with Crippen LogP contribution in [0.5, 0.6) is 0 Å². The second kappa shape index (κ2) is 5.00. The number of rotatable bonds is 3. The van der Waals surface area contributed by atoms with Gasteiger partial charge in [0.2, 0.25) is 5.91 Å². The summed E-state index contributed by atoms with van der Waals surface area (Å²) in [6.07, 6.45) is 3.24. The predicted molar refractivity (Wildman–Crippen MR) is 72.5 cm³/mol. The minimum Gasteiger partial charge on any atom is -0.375 e. The summed E-state index contributed by atoms with van der Waals surface area (Å²) in [6, 6.07) is 4.15. The largest absolute Gasteiger partial charge is 0.375 e. The van der Waals surface area contributed by atoms with E-state index in [0.717, 1.165) is 26.1 Å². The molecular formula is C15H22N2O2. The molecule has 0 aromatic carbocycles. The van der Waals surface area contributed by atoms with Crippen LogP contribution in [-0.4, -0.2) is 34.6 Å². The number of aromatic nitrogens is 1. The molecule has 19 heavy (non-hydrogen) atoms. The van der Waals surface area contributed by atoms with Crippen molar-refractivity contribution < 1.29 is 9.53 Å². The number of amides is 1. The minimum absolute atomic E-state index is 0.108. The van der Waals surface area contributed by atoms with Gasteiger partial charge in [0.05, 0.1) is 19.2 Å².